The van der Waals surface area contributed by atoms with E-state index in [0.717, 1.165) is 17.7 Å². The topological polar surface area (TPSA) is 49.9 Å². The molecule has 3 rings (SSSR count). The number of rotatable bonds is 4. The molecule has 2 aromatic rings. The quantitative estimate of drug-likeness (QED) is 0.797. The molecule has 146 valence electrons. The van der Waals surface area contributed by atoms with Crippen molar-refractivity contribution in [2.45, 2.75) is 18.7 Å². The molecule has 0 spiro atoms. The van der Waals surface area contributed by atoms with Crippen LogP contribution in [0.25, 0.3) is 0 Å². The van der Waals surface area contributed by atoms with E-state index in [1.807, 2.05) is 4.90 Å². The van der Waals surface area contributed by atoms with Gasteiger partial charge >= 0.3 is 0 Å². The van der Waals surface area contributed by atoms with Crippen LogP contribution in [0, 0.1) is 25.5 Å². The zero-order chi connectivity index (χ0) is 19.8. The van der Waals surface area contributed by atoms with Gasteiger partial charge in [-0.25, -0.2) is 17.2 Å². The summed E-state index contributed by atoms with van der Waals surface area (Å²) in [6, 6.07) is 7.07. The van der Waals surface area contributed by atoms with Gasteiger partial charge in [0.2, 0.25) is 10.0 Å². The summed E-state index contributed by atoms with van der Waals surface area (Å²) in [6.07, 6.45) is 0. The van der Waals surface area contributed by atoms with E-state index in [0.29, 0.717) is 30.1 Å². The zero-order valence-electron chi connectivity index (χ0n) is 15.5. The molecule has 1 saturated heterocycles. The van der Waals surface area contributed by atoms with Crippen molar-refractivity contribution in [3.63, 3.8) is 0 Å². The summed E-state index contributed by atoms with van der Waals surface area (Å²) in [5.74, 6) is -1.16. The number of ether oxygens (including phenoxy) is 1. The first kappa shape index (κ1) is 19.6. The summed E-state index contributed by atoms with van der Waals surface area (Å²) < 4.78 is 59.3. The number of halogens is 2. The molecule has 0 radical (unpaired) electrons. The average molecular weight is 396 g/mol. The Hall–Kier alpha value is -2.19. The van der Waals surface area contributed by atoms with E-state index < -0.39 is 21.7 Å². The monoisotopic (exact) mass is 396 g/mol. The SMILES string of the molecule is COc1cc(C)c(S(=O)(=O)N2CCN(c3ccc(F)c(F)c3)CC2)cc1C. The third-order valence-corrected chi connectivity index (χ3v) is 6.86. The lowest BCUT2D eigenvalue weighted by molar-refractivity contribution is 0.383. The van der Waals surface area contributed by atoms with Crippen molar-refractivity contribution in [3.8, 4) is 5.75 Å². The highest BCUT2D eigenvalue weighted by atomic mass is 32.2. The van der Waals surface area contributed by atoms with Gasteiger partial charge in [0.15, 0.2) is 11.6 Å². The van der Waals surface area contributed by atoms with Gasteiger partial charge < -0.3 is 9.64 Å². The minimum absolute atomic E-state index is 0.266. The molecular weight excluding hydrogens is 374 g/mol. The van der Waals surface area contributed by atoms with Crippen molar-refractivity contribution in [3.05, 3.63) is 53.1 Å². The molecule has 0 atom stereocenters. The van der Waals surface area contributed by atoms with Gasteiger partial charge in [-0.15, -0.1) is 0 Å². The van der Waals surface area contributed by atoms with Crippen molar-refractivity contribution < 1.29 is 21.9 Å². The Morgan fingerprint density at radius 2 is 1.59 bits per heavy atom. The largest absolute Gasteiger partial charge is 0.496 e. The highest BCUT2D eigenvalue weighted by molar-refractivity contribution is 7.89. The molecule has 0 N–H and O–H groups in total. The number of piperazine rings is 1. The van der Waals surface area contributed by atoms with E-state index in [4.69, 9.17) is 4.74 Å². The lowest BCUT2D eigenvalue weighted by atomic mass is 10.1. The summed E-state index contributed by atoms with van der Waals surface area (Å²) in [5, 5.41) is 0. The molecule has 0 aromatic heterocycles. The van der Waals surface area contributed by atoms with E-state index in [-0.39, 0.29) is 18.0 Å². The lowest BCUT2D eigenvalue weighted by Gasteiger charge is -2.35. The van der Waals surface area contributed by atoms with Gasteiger partial charge in [0.1, 0.15) is 5.75 Å². The summed E-state index contributed by atoms with van der Waals surface area (Å²) in [7, 11) is -2.09. The van der Waals surface area contributed by atoms with E-state index >= 15 is 0 Å². The Bertz CT molecular complexity index is 956. The highest BCUT2D eigenvalue weighted by Gasteiger charge is 2.30. The summed E-state index contributed by atoms with van der Waals surface area (Å²) in [4.78, 5) is 2.11. The van der Waals surface area contributed by atoms with Crippen molar-refractivity contribution in [1.82, 2.24) is 4.31 Å². The molecule has 8 heteroatoms. The lowest BCUT2D eigenvalue weighted by Crippen LogP contribution is -2.48. The molecular formula is C19H22F2N2O3S. The molecule has 1 aliphatic rings. The minimum Gasteiger partial charge on any atom is -0.496 e. The van der Waals surface area contributed by atoms with Crippen LogP contribution >= 0.6 is 0 Å². The molecule has 1 fully saturated rings. The molecule has 0 amide bonds. The van der Waals surface area contributed by atoms with E-state index in [2.05, 4.69) is 0 Å². The van der Waals surface area contributed by atoms with E-state index in [9.17, 15) is 17.2 Å². The number of hydrogen-bond acceptors (Lipinski definition) is 4. The number of methoxy groups -OCH3 is 1. The highest BCUT2D eigenvalue weighted by Crippen LogP contribution is 2.29. The number of nitrogens with zero attached hydrogens (tertiary/aromatic N) is 2. The van der Waals surface area contributed by atoms with E-state index in [1.165, 1.54) is 10.4 Å². The molecule has 5 nitrogen and oxygen atoms in total. The van der Waals surface area contributed by atoms with Crippen LogP contribution in [-0.2, 0) is 10.0 Å². The molecule has 2 aromatic carbocycles. The maximum Gasteiger partial charge on any atom is 0.243 e. The number of benzene rings is 2. The first-order valence-electron chi connectivity index (χ1n) is 8.59. The molecule has 0 aliphatic carbocycles. The smallest absolute Gasteiger partial charge is 0.243 e. The minimum atomic E-state index is -3.64. The Balaban J connectivity index is 1.79. The standard InChI is InChI=1S/C19H22F2N2O3S/c1-13-11-19(14(2)10-18(13)26-3)27(24,25)23-8-6-22(7-9-23)15-4-5-16(20)17(21)12-15/h4-5,10-12H,6-9H2,1-3H3. The van der Waals surface area contributed by atoms with Crippen LogP contribution in [0.2, 0.25) is 0 Å². The van der Waals surface area contributed by atoms with Crippen LogP contribution in [0.4, 0.5) is 14.5 Å². The predicted octanol–water partition coefficient (Wildman–Crippen LogP) is 3.10. The molecule has 0 bridgehead atoms. The third kappa shape index (κ3) is 3.77. The van der Waals surface area contributed by atoms with Crippen molar-refractivity contribution in [2.24, 2.45) is 0 Å². The maximum absolute atomic E-state index is 13.4. The number of anilines is 1. The normalized spacial score (nSPS) is 15.8. The van der Waals surface area contributed by atoms with E-state index in [1.54, 1.807) is 33.1 Å². The zero-order valence-corrected chi connectivity index (χ0v) is 16.3. The summed E-state index contributed by atoms with van der Waals surface area (Å²) in [6.45, 7) is 4.89. The van der Waals surface area contributed by atoms with Crippen LogP contribution in [0.15, 0.2) is 35.2 Å². The van der Waals surface area contributed by atoms with Gasteiger partial charge in [0.05, 0.1) is 12.0 Å². The van der Waals surface area contributed by atoms with Crippen molar-refractivity contribution >= 4 is 15.7 Å². The van der Waals surface area contributed by atoms with Crippen molar-refractivity contribution in [2.75, 3.05) is 38.2 Å². The Morgan fingerprint density at radius 1 is 0.926 bits per heavy atom. The van der Waals surface area contributed by atoms with Crippen LogP contribution in [0.1, 0.15) is 11.1 Å². The first-order chi connectivity index (χ1) is 12.7. The second-order valence-electron chi connectivity index (χ2n) is 6.58. The van der Waals surface area contributed by atoms with Gasteiger partial charge in [-0.3, -0.25) is 0 Å². The Kier molecular flexibility index (Phi) is 5.39. The van der Waals surface area contributed by atoms with Crippen LogP contribution in [0.5, 0.6) is 5.75 Å². The number of hydrogen-bond donors (Lipinski definition) is 0. The summed E-state index contributed by atoms with van der Waals surface area (Å²) in [5.41, 5.74) is 1.92. The van der Waals surface area contributed by atoms with Gasteiger partial charge in [-0.2, -0.15) is 4.31 Å². The van der Waals surface area contributed by atoms with Gasteiger partial charge in [-0.1, -0.05) is 0 Å². The average Bonchev–Trinajstić information content (AvgIpc) is 2.65. The van der Waals surface area contributed by atoms with Gasteiger partial charge in [0.25, 0.3) is 0 Å². The number of aryl methyl sites for hydroxylation is 2. The fourth-order valence-corrected chi connectivity index (χ4v) is 4.98. The third-order valence-electron chi connectivity index (χ3n) is 4.82. The van der Waals surface area contributed by atoms with Crippen LogP contribution < -0.4 is 9.64 Å². The number of sulfonamides is 1. The van der Waals surface area contributed by atoms with Gasteiger partial charge in [0, 0.05) is 37.9 Å². The molecule has 0 unspecified atom stereocenters. The fourth-order valence-electron chi connectivity index (χ4n) is 3.27. The first-order valence-corrected chi connectivity index (χ1v) is 10.0. The Morgan fingerprint density at radius 3 is 2.19 bits per heavy atom. The maximum atomic E-state index is 13.4. The summed E-state index contributed by atoms with van der Waals surface area (Å²) >= 11 is 0. The molecule has 27 heavy (non-hydrogen) atoms. The van der Waals surface area contributed by atoms with Gasteiger partial charge in [-0.05, 0) is 49.2 Å². The Labute approximate surface area is 158 Å². The molecule has 0 saturated carbocycles. The van der Waals surface area contributed by atoms with Crippen LogP contribution in [-0.4, -0.2) is 46.0 Å². The second-order valence-corrected chi connectivity index (χ2v) is 8.48. The van der Waals surface area contributed by atoms with Crippen molar-refractivity contribution in [1.29, 1.82) is 0 Å². The molecule has 1 aliphatic heterocycles. The predicted molar refractivity (Wildman–Crippen MR) is 99.8 cm³/mol. The molecule has 1 heterocycles. The second kappa shape index (κ2) is 7.44. The van der Waals surface area contributed by atoms with Crippen LogP contribution in [0.3, 0.4) is 0 Å². The fraction of sp³-hybridized carbons (Fsp3) is 0.368.